The Balaban J connectivity index is 1.38. The Hall–Kier alpha value is -2.38. The van der Waals surface area contributed by atoms with Crippen molar-refractivity contribution in [3.05, 3.63) is 93.1 Å². The minimum Gasteiger partial charge on any atom is -0.377 e. The van der Waals surface area contributed by atoms with E-state index in [0.717, 1.165) is 79.8 Å². The van der Waals surface area contributed by atoms with Gasteiger partial charge in [0.1, 0.15) is 0 Å². The van der Waals surface area contributed by atoms with Gasteiger partial charge in [-0.15, -0.1) is 0 Å². The van der Waals surface area contributed by atoms with Crippen LogP contribution in [0.1, 0.15) is 76.3 Å². The third kappa shape index (κ3) is 10.4. The van der Waals surface area contributed by atoms with Gasteiger partial charge in [0.05, 0.1) is 24.6 Å². The highest BCUT2D eigenvalue weighted by molar-refractivity contribution is 9.10. The van der Waals surface area contributed by atoms with Crippen LogP contribution in [0.4, 0.5) is 0 Å². The number of hydrogen-bond acceptors (Lipinski definition) is 4. The first-order valence-electron chi connectivity index (χ1n) is 15.2. The molecule has 222 valence electrons. The maximum Gasteiger partial charge on any atom is 0.0886 e. The van der Waals surface area contributed by atoms with Crippen LogP contribution < -0.4 is 0 Å². The van der Waals surface area contributed by atoms with E-state index < -0.39 is 0 Å². The van der Waals surface area contributed by atoms with Crippen LogP contribution in [0.3, 0.4) is 0 Å². The molecule has 0 N–H and O–H groups in total. The number of nitrogens with zero attached hydrogens (tertiary/aromatic N) is 2. The van der Waals surface area contributed by atoms with Crippen molar-refractivity contribution in [2.24, 2.45) is 0 Å². The van der Waals surface area contributed by atoms with Gasteiger partial charge in [-0.2, -0.15) is 0 Å². The summed E-state index contributed by atoms with van der Waals surface area (Å²) < 4.78 is 13.9. The van der Waals surface area contributed by atoms with E-state index in [4.69, 9.17) is 19.4 Å². The van der Waals surface area contributed by atoms with Crippen LogP contribution in [0.5, 0.6) is 0 Å². The molecular formula is C36H42Br2N2O2. The van der Waals surface area contributed by atoms with Crippen LogP contribution in [0.25, 0.3) is 33.6 Å². The second kappa shape index (κ2) is 17.7. The molecule has 4 aromatic rings. The monoisotopic (exact) mass is 692 g/mol. The predicted octanol–water partition coefficient (Wildman–Crippen LogP) is 11.2. The first-order valence-corrected chi connectivity index (χ1v) is 16.8. The zero-order chi connectivity index (χ0) is 29.6. The molecule has 4 rings (SSSR count). The van der Waals surface area contributed by atoms with E-state index in [2.05, 4.69) is 94.2 Å². The van der Waals surface area contributed by atoms with Gasteiger partial charge in [0.25, 0.3) is 0 Å². The van der Waals surface area contributed by atoms with E-state index >= 15 is 0 Å². The highest BCUT2D eigenvalue weighted by atomic mass is 79.9. The third-order valence-electron chi connectivity index (χ3n) is 7.19. The highest BCUT2D eigenvalue weighted by Gasteiger charge is 2.08. The second-order valence-corrected chi connectivity index (χ2v) is 12.6. The summed E-state index contributed by atoms with van der Waals surface area (Å²) in [6.45, 7) is 7.30. The fraction of sp³-hybridized carbons (Fsp3) is 0.389. The standard InChI is InChI=1S/C36H42Br2N2O2/c1-3-5-7-9-15-41-25-27-17-31(21-33(37)19-27)29-11-13-35(39-23-29)36-14-12-30(24-40-36)32-18-28(20-34(38)22-32)26-42-16-10-8-6-4-2/h11-14,17-24H,3-10,15-16,25-26H2,1-2H3. The molecule has 0 bridgehead atoms. The van der Waals surface area contributed by atoms with Crippen LogP contribution in [0, 0.1) is 0 Å². The van der Waals surface area contributed by atoms with Gasteiger partial charge in [0, 0.05) is 45.7 Å². The summed E-state index contributed by atoms with van der Waals surface area (Å²) in [6.07, 6.45) is 13.6. The van der Waals surface area contributed by atoms with Gasteiger partial charge < -0.3 is 9.47 Å². The second-order valence-electron chi connectivity index (χ2n) is 10.8. The Labute approximate surface area is 268 Å². The van der Waals surface area contributed by atoms with Crippen LogP contribution >= 0.6 is 31.9 Å². The Morgan fingerprint density at radius 2 is 0.976 bits per heavy atom. The van der Waals surface area contributed by atoms with Gasteiger partial charge in [-0.25, -0.2) is 0 Å². The quantitative estimate of drug-likeness (QED) is 0.103. The predicted molar refractivity (Wildman–Crippen MR) is 181 cm³/mol. The number of pyridine rings is 2. The summed E-state index contributed by atoms with van der Waals surface area (Å²) in [6, 6.07) is 21.2. The largest absolute Gasteiger partial charge is 0.377 e. The number of unbranched alkanes of at least 4 members (excludes halogenated alkanes) is 6. The Morgan fingerprint density at radius 1 is 0.524 bits per heavy atom. The number of halogens is 2. The summed E-state index contributed by atoms with van der Waals surface area (Å²) in [4.78, 5) is 9.49. The van der Waals surface area contributed by atoms with Crippen molar-refractivity contribution in [3.8, 4) is 33.6 Å². The Kier molecular flexibility index (Phi) is 13.7. The molecule has 2 aromatic heterocycles. The average Bonchev–Trinajstić information content (AvgIpc) is 3.00. The lowest BCUT2D eigenvalue weighted by molar-refractivity contribution is 0.117. The lowest BCUT2D eigenvalue weighted by Gasteiger charge is -2.10. The molecule has 0 aliphatic rings. The molecule has 0 radical (unpaired) electrons. The van der Waals surface area contributed by atoms with Gasteiger partial charge in [-0.3, -0.25) is 9.97 Å². The lowest BCUT2D eigenvalue weighted by Crippen LogP contribution is -1.96. The van der Waals surface area contributed by atoms with E-state index in [1.54, 1.807) is 0 Å². The number of ether oxygens (including phenoxy) is 2. The van der Waals surface area contributed by atoms with Gasteiger partial charge in [-0.1, -0.05) is 96.4 Å². The first kappa shape index (κ1) is 32.5. The minimum absolute atomic E-state index is 0.617. The summed E-state index contributed by atoms with van der Waals surface area (Å²) in [5.74, 6) is 0. The maximum atomic E-state index is 5.92. The SMILES string of the molecule is CCCCCCOCc1cc(Br)cc(-c2ccc(-c3ccc(-c4cc(Br)cc(COCCCCCC)c4)cn3)nc2)c1. The van der Waals surface area contributed by atoms with E-state index in [-0.39, 0.29) is 0 Å². The third-order valence-corrected chi connectivity index (χ3v) is 8.11. The van der Waals surface area contributed by atoms with Crippen LogP contribution in [-0.4, -0.2) is 23.2 Å². The van der Waals surface area contributed by atoms with Gasteiger partial charge in [-0.05, 0) is 83.6 Å². The van der Waals surface area contributed by atoms with Gasteiger partial charge in [0.2, 0.25) is 0 Å². The van der Waals surface area contributed by atoms with E-state index in [1.807, 2.05) is 24.5 Å². The molecule has 0 spiro atoms. The van der Waals surface area contributed by atoms with Crippen LogP contribution in [0.15, 0.2) is 82.0 Å². The van der Waals surface area contributed by atoms with Crippen molar-refractivity contribution in [1.82, 2.24) is 9.97 Å². The van der Waals surface area contributed by atoms with Crippen molar-refractivity contribution < 1.29 is 9.47 Å². The zero-order valence-electron chi connectivity index (χ0n) is 24.9. The molecule has 0 saturated carbocycles. The normalized spacial score (nSPS) is 11.2. The Morgan fingerprint density at radius 3 is 1.36 bits per heavy atom. The molecule has 0 aliphatic heterocycles. The van der Waals surface area contributed by atoms with E-state index in [1.165, 1.54) is 38.5 Å². The lowest BCUT2D eigenvalue weighted by atomic mass is 10.0. The molecule has 0 aliphatic carbocycles. The van der Waals surface area contributed by atoms with Crippen molar-refractivity contribution in [3.63, 3.8) is 0 Å². The average molecular weight is 695 g/mol. The molecule has 0 atom stereocenters. The molecular weight excluding hydrogens is 652 g/mol. The number of hydrogen-bond donors (Lipinski definition) is 0. The molecule has 0 fully saturated rings. The molecule has 0 amide bonds. The number of benzene rings is 2. The summed E-state index contributed by atoms with van der Waals surface area (Å²) in [5, 5.41) is 0. The molecule has 0 saturated heterocycles. The molecule has 2 aromatic carbocycles. The number of aromatic nitrogens is 2. The summed E-state index contributed by atoms with van der Waals surface area (Å²) >= 11 is 7.33. The fourth-order valence-electron chi connectivity index (χ4n) is 4.87. The molecule has 2 heterocycles. The number of rotatable bonds is 17. The maximum absolute atomic E-state index is 5.92. The van der Waals surface area contributed by atoms with Crippen molar-refractivity contribution in [2.75, 3.05) is 13.2 Å². The Bertz CT molecular complexity index is 1270. The van der Waals surface area contributed by atoms with Crippen LogP contribution in [-0.2, 0) is 22.7 Å². The van der Waals surface area contributed by atoms with Gasteiger partial charge in [0.15, 0.2) is 0 Å². The molecule has 42 heavy (non-hydrogen) atoms. The first-order chi connectivity index (χ1) is 20.6. The fourth-order valence-corrected chi connectivity index (χ4v) is 5.96. The summed E-state index contributed by atoms with van der Waals surface area (Å²) in [5.41, 5.74) is 8.38. The van der Waals surface area contributed by atoms with Crippen molar-refractivity contribution >= 4 is 31.9 Å². The van der Waals surface area contributed by atoms with E-state index in [9.17, 15) is 0 Å². The molecule has 6 heteroatoms. The highest BCUT2D eigenvalue weighted by Crippen LogP contribution is 2.29. The topological polar surface area (TPSA) is 44.2 Å². The minimum atomic E-state index is 0.617. The van der Waals surface area contributed by atoms with Crippen molar-refractivity contribution in [2.45, 2.75) is 78.4 Å². The zero-order valence-corrected chi connectivity index (χ0v) is 28.1. The van der Waals surface area contributed by atoms with Gasteiger partial charge >= 0.3 is 0 Å². The van der Waals surface area contributed by atoms with Crippen molar-refractivity contribution in [1.29, 1.82) is 0 Å². The molecule has 0 unspecified atom stereocenters. The summed E-state index contributed by atoms with van der Waals surface area (Å²) in [7, 11) is 0. The van der Waals surface area contributed by atoms with E-state index in [0.29, 0.717) is 13.2 Å². The molecule has 4 nitrogen and oxygen atoms in total. The smallest absolute Gasteiger partial charge is 0.0886 e. The van der Waals surface area contributed by atoms with Crippen LogP contribution in [0.2, 0.25) is 0 Å².